The topological polar surface area (TPSA) is 57.0 Å². The summed E-state index contributed by atoms with van der Waals surface area (Å²) in [7, 11) is -1.34. The number of imidazole rings is 1. The van der Waals surface area contributed by atoms with Crippen LogP contribution < -0.4 is 5.19 Å². The molecule has 0 unspecified atom stereocenters. The fourth-order valence-corrected chi connectivity index (χ4v) is 8.90. The SMILES string of the molecule is CC(C)Cc1cc(-c2[c-]cccc2)ncc1[Si](C)(C)C.CC(C)c1ccc2c(-c3nc4ccccc4n3-c3ccc4c(c3)oc3ccccc34)[c-]oc2c1.[Ir]. The molecule has 0 atom stereocenters. The molecule has 0 spiro atoms. The molecule has 0 aliphatic heterocycles. The van der Waals surface area contributed by atoms with Gasteiger partial charge in [0.05, 0.1) is 24.9 Å². The fourth-order valence-electron chi connectivity index (χ4n) is 7.31. The molecule has 0 N–H and O–H groups in total. The van der Waals surface area contributed by atoms with Crippen molar-refractivity contribution in [3.05, 3.63) is 145 Å². The van der Waals surface area contributed by atoms with Crippen LogP contribution in [0, 0.1) is 18.2 Å². The molecule has 0 bridgehead atoms. The molecule has 0 amide bonds. The summed E-state index contributed by atoms with van der Waals surface area (Å²) in [6.07, 6.45) is 6.38. The predicted molar refractivity (Wildman–Crippen MR) is 227 cm³/mol. The van der Waals surface area contributed by atoms with Crippen molar-refractivity contribution in [3.63, 3.8) is 0 Å². The summed E-state index contributed by atoms with van der Waals surface area (Å²) in [4.78, 5) is 9.69. The average molecular weight is 916 g/mol. The van der Waals surface area contributed by atoms with E-state index in [1.165, 1.54) is 16.3 Å². The van der Waals surface area contributed by atoms with Crippen molar-refractivity contribution in [2.45, 2.75) is 59.7 Å². The zero-order valence-electron chi connectivity index (χ0n) is 32.4. The van der Waals surface area contributed by atoms with E-state index >= 15 is 0 Å². The van der Waals surface area contributed by atoms with Crippen LogP contribution in [-0.4, -0.2) is 22.6 Å². The van der Waals surface area contributed by atoms with Crippen LogP contribution in [0.5, 0.6) is 0 Å². The minimum Gasteiger partial charge on any atom is -0.557 e. The number of hydrogen-bond donors (Lipinski definition) is 0. The third-order valence-corrected chi connectivity index (χ3v) is 12.1. The Kier molecular flexibility index (Phi) is 10.8. The zero-order valence-corrected chi connectivity index (χ0v) is 35.8. The molecule has 1 radical (unpaired) electrons. The van der Waals surface area contributed by atoms with E-state index < -0.39 is 8.07 Å². The molecule has 0 saturated heterocycles. The third-order valence-electron chi connectivity index (χ3n) is 10.0. The Morgan fingerprint density at radius 2 is 1.49 bits per heavy atom. The van der Waals surface area contributed by atoms with Gasteiger partial charge in [-0.3, -0.25) is 4.98 Å². The van der Waals surface area contributed by atoms with Crippen molar-refractivity contribution >= 4 is 57.2 Å². The summed E-state index contributed by atoms with van der Waals surface area (Å²) in [6, 6.07) is 42.7. The van der Waals surface area contributed by atoms with E-state index in [2.05, 4.69) is 136 Å². The standard InChI is InChI=1S/C30H21N2O2.C18H24NSi.Ir/c1-18(2)19-11-13-23-24(17-33-28(23)15-19)30-31-25-8-4-5-9-26(25)32(30)20-12-14-22-21-7-3-6-10-27(21)34-29(22)16-20;1-14(2)11-16-12-17(15-9-7-6-8-10-15)19-13-18(16)20(3,4)5;/h3-16,18H,1-2H3;6-9,12-14H,11H2,1-5H3;/q2*-1;. The van der Waals surface area contributed by atoms with Crippen LogP contribution in [0.15, 0.2) is 130 Å². The van der Waals surface area contributed by atoms with Gasteiger partial charge in [0.2, 0.25) is 0 Å². The number of fused-ring (bicyclic) bond motifs is 5. The number of aromatic nitrogens is 3. The largest absolute Gasteiger partial charge is 0.557 e. The van der Waals surface area contributed by atoms with Gasteiger partial charge in [0, 0.05) is 60.7 Å². The van der Waals surface area contributed by atoms with Crippen LogP contribution in [0.25, 0.3) is 72.3 Å². The van der Waals surface area contributed by atoms with Crippen molar-refractivity contribution in [1.29, 1.82) is 0 Å². The van der Waals surface area contributed by atoms with Crippen LogP contribution in [0.2, 0.25) is 19.6 Å². The smallest absolute Gasteiger partial charge is 0.137 e. The molecule has 55 heavy (non-hydrogen) atoms. The van der Waals surface area contributed by atoms with Gasteiger partial charge in [-0.2, -0.15) is 0 Å². The maximum Gasteiger partial charge on any atom is 0.137 e. The Labute approximate surface area is 337 Å². The number of nitrogens with zero attached hydrogens (tertiary/aromatic N) is 3. The van der Waals surface area contributed by atoms with Crippen molar-refractivity contribution in [1.82, 2.24) is 14.5 Å². The van der Waals surface area contributed by atoms with Crippen molar-refractivity contribution in [3.8, 4) is 28.3 Å². The molecule has 5 aromatic carbocycles. The van der Waals surface area contributed by atoms with Gasteiger partial charge in [-0.15, -0.1) is 42.0 Å². The number of furan rings is 2. The summed E-state index contributed by atoms with van der Waals surface area (Å²) in [5.74, 6) is 1.89. The van der Waals surface area contributed by atoms with Gasteiger partial charge < -0.3 is 18.4 Å². The fraction of sp³-hybridized carbons (Fsp3) is 0.208. The van der Waals surface area contributed by atoms with E-state index in [1.807, 2.05) is 54.6 Å². The van der Waals surface area contributed by atoms with Crippen LogP contribution in [0.1, 0.15) is 44.7 Å². The van der Waals surface area contributed by atoms with Gasteiger partial charge in [0.15, 0.2) is 0 Å². The molecule has 7 heteroatoms. The molecule has 9 rings (SSSR count). The number of hydrogen-bond acceptors (Lipinski definition) is 4. The molecule has 9 aromatic rings. The van der Waals surface area contributed by atoms with Gasteiger partial charge in [0.25, 0.3) is 0 Å². The number of para-hydroxylation sites is 3. The molecule has 0 aliphatic carbocycles. The van der Waals surface area contributed by atoms with Crippen LogP contribution in [-0.2, 0) is 26.5 Å². The normalized spacial score (nSPS) is 11.8. The minimum atomic E-state index is -1.34. The molecular weight excluding hydrogens is 871 g/mol. The van der Waals surface area contributed by atoms with E-state index in [0.29, 0.717) is 11.8 Å². The molecule has 4 aromatic heterocycles. The first-order valence-electron chi connectivity index (χ1n) is 18.9. The quantitative estimate of drug-likeness (QED) is 0.118. The molecule has 0 fully saturated rings. The zero-order chi connectivity index (χ0) is 37.6. The minimum absolute atomic E-state index is 0. The summed E-state index contributed by atoms with van der Waals surface area (Å²) in [5, 5.41) is 4.72. The van der Waals surface area contributed by atoms with E-state index in [-0.39, 0.29) is 20.1 Å². The molecule has 4 heterocycles. The molecule has 0 saturated carbocycles. The van der Waals surface area contributed by atoms with Gasteiger partial charge in [-0.05, 0) is 59.5 Å². The van der Waals surface area contributed by atoms with Crippen LogP contribution in [0.3, 0.4) is 0 Å². The van der Waals surface area contributed by atoms with E-state index in [9.17, 15) is 0 Å². The van der Waals surface area contributed by atoms with Gasteiger partial charge in [0.1, 0.15) is 11.2 Å². The first kappa shape index (κ1) is 38.2. The molecular formula is C48H45IrN3O2Si-2. The van der Waals surface area contributed by atoms with Gasteiger partial charge in [-0.25, -0.2) is 0 Å². The second-order valence-corrected chi connectivity index (χ2v) is 20.9. The Bertz CT molecular complexity index is 2750. The Balaban J connectivity index is 0.000000191. The Hall–Kier alpha value is -5.07. The molecule has 5 nitrogen and oxygen atoms in total. The Morgan fingerprint density at radius 3 is 2.25 bits per heavy atom. The first-order chi connectivity index (χ1) is 26.0. The van der Waals surface area contributed by atoms with Gasteiger partial charge >= 0.3 is 0 Å². The summed E-state index contributed by atoms with van der Waals surface area (Å²) in [6.45, 7) is 16.1. The third kappa shape index (κ3) is 7.62. The number of rotatable bonds is 7. The van der Waals surface area contributed by atoms with Crippen LogP contribution in [0.4, 0.5) is 0 Å². The van der Waals surface area contributed by atoms with E-state index in [1.54, 1.807) is 0 Å². The maximum atomic E-state index is 6.18. The van der Waals surface area contributed by atoms with Crippen molar-refractivity contribution < 1.29 is 28.9 Å². The van der Waals surface area contributed by atoms with E-state index in [0.717, 1.165) is 78.7 Å². The predicted octanol–water partition coefficient (Wildman–Crippen LogP) is 12.6. The monoisotopic (exact) mass is 916 g/mol. The molecule has 279 valence electrons. The number of benzene rings is 5. The average Bonchev–Trinajstić information content (AvgIpc) is 3.87. The summed E-state index contributed by atoms with van der Waals surface area (Å²) >= 11 is 0. The second kappa shape index (κ2) is 15.6. The summed E-state index contributed by atoms with van der Waals surface area (Å²) < 4.78 is 14.2. The maximum absolute atomic E-state index is 6.18. The van der Waals surface area contributed by atoms with Crippen molar-refractivity contribution in [2.24, 2.45) is 5.92 Å². The van der Waals surface area contributed by atoms with Crippen LogP contribution >= 0.6 is 0 Å². The number of pyridine rings is 1. The van der Waals surface area contributed by atoms with Gasteiger partial charge in [-0.1, -0.05) is 118 Å². The summed E-state index contributed by atoms with van der Waals surface area (Å²) in [5.41, 5.74) is 11.2. The van der Waals surface area contributed by atoms with Crippen molar-refractivity contribution in [2.75, 3.05) is 0 Å². The second-order valence-electron chi connectivity index (χ2n) is 15.9. The Morgan fingerprint density at radius 1 is 0.745 bits per heavy atom. The van der Waals surface area contributed by atoms with E-state index in [4.69, 9.17) is 13.8 Å². The first-order valence-corrected chi connectivity index (χ1v) is 22.4. The molecule has 0 aliphatic rings.